The van der Waals surface area contributed by atoms with Gasteiger partial charge in [-0.3, -0.25) is 4.79 Å². The number of hydrogen-bond acceptors (Lipinski definition) is 2. The zero-order valence-corrected chi connectivity index (χ0v) is 11.0. The molecule has 1 amide bonds. The number of amides is 1. The van der Waals surface area contributed by atoms with Crippen LogP contribution >= 0.6 is 0 Å². The number of nitrogens with zero attached hydrogens (tertiary/aromatic N) is 1. The molecule has 0 unspecified atom stereocenters. The van der Waals surface area contributed by atoms with E-state index in [0.29, 0.717) is 11.8 Å². The first-order valence-electron chi connectivity index (χ1n) is 7.23. The fourth-order valence-electron chi connectivity index (χ4n) is 2.89. The maximum Gasteiger partial charge on any atom is 0.225 e. The van der Waals surface area contributed by atoms with E-state index in [1.807, 2.05) is 0 Å². The minimum atomic E-state index is 0.288. The van der Waals surface area contributed by atoms with E-state index in [2.05, 4.69) is 11.8 Å². The van der Waals surface area contributed by atoms with Crippen molar-refractivity contribution in [2.24, 2.45) is 23.5 Å². The second-order valence-electron chi connectivity index (χ2n) is 5.77. The van der Waals surface area contributed by atoms with Crippen molar-refractivity contribution < 1.29 is 4.79 Å². The molecule has 0 radical (unpaired) electrons. The van der Waals surface area contributed by atoms with E-state index < -0.39 is 0 Å². The second kappa shape index (κ2) is 5.85. The van der Waals surface area contributed by atoms with Crippen molar-refractivity contribution in [3.05, 3.63) is 0 Å². The Hall–Kier alpha value is -0.570. The van der Waals surface area contributed by atoms with E-state index in [0.717, 1.165) is 51.2 Å². The molecule has 2 aliphatic rings. The summed E-state index contributed by atoms with van der Waals surface area (Å²) < 4.78 is 0. The zero-order chi connectivity index (χ0) is 12.3. The summed E-state index contributed by atoms with van der Waals surface area (Å²) in [5.74, 6) is 2.17. The molecular formula is C14H26N2O. The lowest BCUT2D eigenvalue weighted by Gasteiger charge is -2.31. The summed E-state index contributed by atoms with van der Waals surface area (Å²) in [7, 11) is 0. The van der Waals surface area contributed by atoms with Gasteiger partial charge in [-0.1, -0.05) is 0 Å². The van der Waals surface area contributed by atoms with Gasteiger partial charge in [0.05, 0.1) is 0 Å². The zero-order valence-electron chi connectivity index (χ0n) is 11.0. The number of rotatable bonds is 5. The van der Waals surface area contributed by atoms with Crippen LogP contribution in [-0.4, -0.2) is 30.4 Å². The highest BCUT2D eigenvalue weighted by atomic mass is 16.2. The standard InChI is InChI=1S/C14H26N2O/c1-2-16(10-12-3-4-12)14(17)13-7-5-11(9-15)6-8-13/h11-13H,2-10,15H2,1H3. The average Bonchev–Trinajstić information content (AvgIpc) is 3.19. The van der Waals surface area contributed by atoms with E-state index in [1.54, 1.807) is 0 Å². The van der Waals surface area contributed by atoms with E-state index in [1.165, 1.54) is 12.8 Å². The minimum absolute atomic E-state index is 0.288. The Morgan fingerprint density at radius 2 is 1.71 bits per heavy atom. The highest BCUT2D eigenvalue weighted by molar-refractivity contribution is 5.79. The molecule has 17 heavy (non-hydrogen) atoms. The Morgan fingerprint density at radius 1 is 1.12 bits per heavy atom. The van der Waals surface area contributed by atoms with Gasteiger partial charge in [0.2, 0.25) is 5.91 Å². The van der Waals surface area contributed by atoms with Crippen LogP contribution in [0, 0.1) is 17.8 Å². The fourth-order valence-corrected chi connectivity index (χ4v) is 2.89. The van der Waals surface area contributed by atoms with Crippen LogP contribution in [0.1, 0.15) is 45.4 Å². The molecule has 0 aliphatic heterocycles. The molecule has 0 spiro atoms. The molecule has 98 valence electrons. The number of carbonyl (C=O) groups excluding carboxylic acids is 1. The molecule has 0 aromatic carbocycles. The van der Waals surface area contributed by atoms with E-state index >= 15 is 0 Å². The van der Waals surface area contributed by atoms with E-state index in [-0.39, 0.29) is 5.92 Å². The van der Waals surface area contributed by atoms with Crippen molar-refractivity contribution in [1.29, 1.82) is 0 Å². The molecule has 0 saturated heterocycles. The summed E-state index contributed by atoms with van der Waals surface area (Å²) >= 11 is 0. The first kappa shape index (κ1) is 12.9. The molecule has 2 fully saturated rings. The monoisotopic (exact) mass is 238 g/mol. The lowest BCUT2D eigenvalue weighted by molar-refractivity contribution is -0.136. The molecule has 0 aromatic heterocycles. The quantitative estimate of drug-likeness (QED) is 0.796. The van der Waals surface area contributed by atoms with Gasteiger partial charge in [-0.15, -0.1) is 0 Å². The van der Waals surface area contributed by atoms with Crippen LogP contribution in [0.5, 0.6) is 0 Å². The Balaban J connectivity index is 1.81. The van der Waals surface area contributed by atoms with Gasteiger partial charge < -0.3 is 10.6 Å². The Morgan fingerprint density at radius 3 is 2.18 bits per heavy atom. The molecule has 2 saturated carbocycles. The third-order valence-corrected chi connectivity index (χ3v) is 4.40. The van der Waals surface area contributed by atoms with Crippen molar-refractivity contribution in [3.63, 3.8) is 0 Å². The highest BCUT2D eigenvalue weighted by Gasteiger charge is 2.31. The van der Waals surface area contributed by atoms with Crippen molar-refractivity contribution in [1.82, 2.24) is 4.90 Å². The van der Waals surface area contributed by atoms with Crippen LogP contribution in [0.4, 0.5) is 0 Å². The number of nitrogens with two attached hydrogens (primary N) is 1. The molecule has 3 heteroatoms. The van der Waals surface area contributed by atoms with E-state index in [9.17, 15) is 4.79 Å². The summed E-state index contributed by atoms with van der Waals surface area (Å²) in [6, 6.07) is 0. The summed E-state index contributed by atoms with van der Waals surface area (Å²) in [6.45, 7) is 4.78. The summed E-state index contributed by atoms with van der Waals surface area (Å²) in [5.41, 5.74) is 5.69. The molecule has 0 heterocycles. The van der Waals surface area contributed by atoms with Crippen molar-refractivity contribution in [2.75, 3.05) is 19.6 Å². The van der Waals surface area contributed by atoms with Gasteiger partial charge in [-0.05, 0) is 63.8 Å². The maximum absolute atomic E-state index is 12.4. The highest BCUT2D eigenvalue weighted by Crippen LogP contribution is 2.32. The molecule has 0 bridgehead atoms. The van der Waals surface area contributed by atoms with Crippen LogP contribution in [0.2, 0.25) is 0 Å². The van der Waals surface area contributed by atoms with Crippen LogP contribution < -0.4 is 5.73 Å². The topological polar surface area (TPSA) is 46.3 Å². The van der Waals surface area contributed by atoms with E-state index in [4.69, 9.17) is 5.73 Å². The maximum atomic E-state index is 12.4. The first-order valence-corrected chi connectivity index (χ1v) is 7.23. The molecule has 0 atom stereocenters. The fraction of sp³-hybridized carbons (Fsp3) is 0.929. The summed E-state index contributed by atoms with van der Waals surface area (Å²) in [5, 5.41) is 0. The number of hydrogen-bond donors (Lipinski definition) is 1. The van der Waals surface area contributed by atoms with Crippen LogP contribution in [0.15, 0.2) is 0 Å². The lowest BCUT2D eigenvalue weighted by atomic mass is 9.81. The smallest absolute Gasteiger partial charge is 0.225 e. The minimum Gasteiger partial charge on any atom is -0.342 e. The summed E-state index contributed by atoms with van der Waals surface area (Å²) in [4.78, 5) is 14.5. The largest absolute Gasteiger partial charge is 0.342 e. The van der Waals surface area contributed by atoms with Crippen LogP contribution in [-0.2, 0) is 4.79 Å². The van der Waals surface area contributed by atoms with Crippen molar-refractivity contribution >= 4 is 5.91 Å². The second-order valence-corrected chi connectivity index (χ2v) is 5.77. The van der Waals surface area contributed by atoms with Crippen LogP contribution in [0.25, 0.3) is 0 Å². The normalized spacial score (nSPS) is 29.1. The van der Waals surface area contributed by atoms with Gasteiger partial charge in [0.25, 0.3) is 0 Å². The molecule has 2 aliphatic carbocycles. The van der Waals surface area contributed by atoms with Gasteiger partial charge in [0, 0.05) is 19.0 Å². The first-order chi connectivity index (χ1) is 8.24. The molecule has 2 N–H and O–H groups in total. The van der Waals surface area contributed by atoms with Crippen molar-refractivity contribution in [3.8, 4) is 0 Å². The Bertz CT molecular complexity index is 255. The Kier molecular flexibility index (Phi) is 4.43. The molecule has 2 rings (SSSR count). The van der Waals surface area contributed by atoms with Crippen LogP contribution in [0.3, 0.4) is 0 Å². The van der Waals surface area contributed by atoms with Gasteiger partial charge >= 0.3 is 0 Å². The molecule has 3 nitrogen and oxygen atoms in total. The summed E-state index contributed by atoms with van der Waals surface area (Å²) in [6.07, 6.45) is 7.05. The predicted molar refractivity (Wildman–Crippen MR) is 69.5 cm³/mol. The molecular weight excluding hydrogens is 212 g/mol. The third kappa shape index (κ3) is 3.44. The predicted octanol–water partition coefficient (Wildman–Crippen LogP) is 2.01. The third-order valence-electron chi connectivity index (χ3n) is 4.40. The SMILES string of the molecule is CCN(CC1CC1)C(=O)C1CCC(CN)CC1. The Labute approximate surface area is 105 Å². The van der Waals surface area contributed by atoms with Crippen molar-refractivity contribution in [2.45, 2.75) is 45.4 Å². The lowest BCUT2D eigenvalue weighted by Crippen LogP contribution is -2.39. The van der Waals surface area contributed by atoms with Gasteiger partial charge in [-0.25, -0.2) is 0 Å². The van der Waals surface area contributed by atoms with Gasteiger partial charge in [0.15, 0.2) is 0 Å². The van der Waals surface area contributed by atoms with Gasteiger partial charge in [-0.2, -0.15) is 0 Å². The molecule has 0 aromatic rings. The average molecular weight is 238 g/mol. The number of carbonyl (C=O) groups is 1. The van der Waals surface area contributed by atoms with Gasteiger partial charge in [0.1, 0.15) is 0 Å².